The molecule has 0 radical (unpaired) electrons. The Balaban J connectivity index is 1.51. The first-order valence-electron chi connectivity index (χ1n) is 10.7. The Morgan fingerprint density at radius 3 is 2.35 bits per heavy atom. The van der Waals surface area contributed by atoms with Crippen molar-refractivity contribution in [2.45, 2.75) is 33.1 Å². The summed E-state index contributed by atoms with van der Waals surface area (Å²) in [6.07, 6.45) is 0.298. The van der Waals surface area contributed by atoms with Gasteiger partial charge in [-0.3, -0.25) is 9.80 Å². The lowest BCUT2D eigenvalue weighted by atomic mass is 10.1. The van der Waals surface area contributed by atoms with Gasteiger partial charge < -0.3 is 14.2 Å². The fourth-order valence-electron chi connectivity index (χ4n) is 3.57. The minimum atomic E-state index is 0.298. The van der Waals surface area contributed by atoms with Gasteiger partial charge in [-0.2, -0.15) is 0 Å². The van der Waals surface area contributed by atoms with Crippen LogP contribution in [0.1, 0.15) is 25.0 Å². The smallest absolute Gasteiger partial charge is 0.161 e. The Labute approximate surface area is 195 Å². The number of benzene rings is 2. The van der Waals surface area contributed by atoms with Crippen LogP contribution in [-0.4, -0.2) is 62.3 Å². The molecule has 0 unspecified atom stereocenters. The van der Waals surface area contributed by atoms with Crippen molar-refractivity contribution >= 4 is 23.2 Å². The highest BCUT2D eigenvalue weighted by Gasteiger charge is 2.17. The van der Waals surface area contributed by atoms with E-state index in [2.05, 4.69) is 35.8 Å². The maximum Gasteiger partial charge on any atom is 0.161 e. The fourth-order valence-corrected chi connectivity index (χ4v) is 4.03. The molecule has 0 amide bonds. The van der Waals surface area contributed by atoms with Crippen LogP contribution in [0.5, 0.6) is 11.5 Å². The van der Waals surface area contributed by atoms with E-state index in [1.807, 2.05) is 18.2 Å². The molecule has 0 atom stereocenters. The van der Waals surface area contributed by atoms with Crippen LogP contribution in [0.15, 0.2) is 36.4 Å². The highest BCUT2D eigenvalue weighted by molar-refractivity contribution is 6.35. The third-order valence-corrected chi connectivity index (χ3v) is 5.94. The Hall–Kier alpha value is -1.50. The van der Waals surface area contributed by atoms with Crippen molar-refractivity contribution in [2.24, 2.45) is 0 Å². The molecule has 0 spiro atoms. The zero-order chi connectivity index (χ0) is 22.2. The van der Waals surface area contributed by atoms with E-state index in [0.29, 0.717) is 28.5 Å². The molecule has 3 rings (SSSR count). The lowest BCUT2D eigenvalue weighted by Crippen LogP contribution is -2.46. The molecule has 170 valence electrons. The number of piperazine rings is 1. The van der Waals surface area contributed by atoms with Gasteiger partial charge in [-0.05, 0) is 43.7 Å². The average Bonchev–Trinajstić information content (AvgIpc) is 2.74. The summed E-state index contributed by atoms with van der Waals surface area (Å²) in [7, 11) is 1.67. The predicted octanol–water partition coefficient (Wildman–Crippen LogP) is 5.12. The molecule has 2 aromatic rings. The fraction of sp³-hybridized carbons (Fsp3) is 0.500. The highest BCUT2D eigenvalue weighted by atomic mass is 35.5. The lowest BCUT2D eigenvalue weighted by Gasteiger charge is -2.34. The van der Waals surface area contributed by atoms with E-state index < -0.39 is 0 Å². The molecule has 2 aromatic carbocycles. The topological polar surface area (TPSA) is 34.2 Å². The highest BCUT2D eigenvalue weighted by Crippen LogP contribution is 2.30. The first-order valence-corrected chi connectivity index (χ1v) is 11.5. The number of ether oxygens (including phenoxy) is 3. The van der Waals surface area contributed by atoms with Crippen LogP contribution in [0.25, 0.3) is 0 Å². The molecule has 1 fully saturated rings. The maximum absolute atomic E-state index is 6.24. The van der Waals surface area contributed by atoms with Crippen LogP contribution in [0.4, 0.5) is 0 Å². The van der Waals surface area contributed by atoms with Gasteiger partial charge in [-0.1, -0.05) is 35.3 Å². The Morgan fingerprint density at radius 2 is 1.68 bits per heavy atom. The molecule has 0 saturated carbocycles. The standard InChI is InChI=1S/C24H32Cl2N2O3/c1-18(2)30-13-12-27-8-10-28(11-9-27)16-19-4-7-23(24(14-19)29-3)31-17-20-5-6-21(25)15-22(20)26/h4-7,14-15,18H,8-13,16-17H2,1-3H3. The van der Waals surface area contributed by atoms with E-state index in [0.717, 1.165) is 57.2 Å². The lowest BCUT2D eigenvalue weighted by molar-refractivity contribution is 0.0437. The Bertz CT molecular complexity index is 840. The summed E-state index contributed by atoms with van der Waals surface area (Å²) in [5.41, 5.74) is 2.10. The molecule has 5 nitrogen and oxygen atoms in total. The van der Waals surface area contributed by atoms with Crippen LogP contribution in [-0.2, 0) is 17.9 Å². The van der Waals surface area contributed by atoms with E-state index in [1.165, 1.54) is 5.56 Å². The second kappa shape index (κ2) is 11.9. The van der Waals surface area contributed by atoms with Gasteiger partial charge in [0.05, 0.1) is 19.8 Å². The van der Waals surface area contributed by atoms with E-state index >= 15 is 0 Å². The monoisotopic (exact) mass is 466 g/mol. The normalized spacial score (nSPS) is 15.4. The van der Waals surface area contributed by atoms with Gasteiger partial charge in [0.2, 0.25) is 0 Å². The van der Waals surface area contributed by atoms with Crippen LogP contribution in [0.2, 0.25) is 10.0 Å². The van der Waals surface area contributed by atoms with Gasteiger partial charge in [0.15, 0.2) is 11.5 Å². The van der Waals surface area contributed by atoms with Gasteiger partial charge in [0.1, 0.15) is 6.61 Å². The SMILES string of the molecule is COc1cc(CN2CCN(CCOC(C)C)CC2)ccc1OCc1ccc(Cl)cc1Cl. The first-order chi connectivity index (χ1) is 14.9. The summed E-state index contributed by atoms with van der Waals surface area (Å²) in [5.74, 6) is 1.43. The summed E-state index contributed by atoms with van der Waals surface area (Å²) in [5, 5.41) is 1.21. The van der Waals surface area contributed by atoms with Crippen molar-refractivity contribution in [2.75, 3.05) is 46.4 Å². The average molecular weight is 467 g/mol. The largest absolute Gasteiger partial charge is 0.493 e. The van der Waals surface area contributed by atoms with E-state index in [9.17, 15) is 0 Å². The first kappa shape index (κ1) is 24.1. The predicted molar refractivity (Wildman–Crippen MR) is 127 cm³/mol. The Kier molecular flexibility index (Phi) is 9.30. The molecule has 0 bridgehead atoms. The van der Waals surface area contributed by atoms with Crippen LogP contribution >= 0.6 is 23.2 Å². The summed E-state index contributed by atoms with van der Waals surface area (Å²) >= 11 is 12.2. The van der Waals surface area contributed by atoms with Crippen molar-refractivity contribution in [1.82, 2.24) is 9.80 Å². The van der Waals surface area contributed by atoms with Gasteiger partial charge >= 0.3 is 0 Å². The third kappa shape index (κ3) is 7.55. The number of halogens is 2. The van der Waals surface area contributed by atoms with Gasteiger partial charge in [-0.25, -0.2) is 0 Å². The summed E-state index contributed by atoms with van der Waals surface area (Å²) in [4.78, 5) is 4.95. The molecule has 1 aliphatic rings. The van der Waals surface area contributed by atoms with Crippen molar-refractivity contribution in [3.8, 4) is 11.5 Å². The number of nitrogens with zero attached hydrogens (tertiary/aromatic N) is 2. The van der Waals surface area contributed by atoms with Crippen molar-refractivity contribution in [1.29, 1.82) is 0 Å². The molecule has 0 aromatic heterocycles. The molecule has 31 heavy (non-hydrogen) atoms. The van der Waals surface area contributed by atoms with Gasteiger partial charge in [-0.15, -0.1) is 0 Å². The molecular weight excluding hydrogens is 435 g/mol. The molecule has 1 saturated heterocycles. The molecule has 7 heteroatoms. The van der Waals surface area contributed by atoms with Crippen molar-refractivity contribution in [3.05, 3.63) is 57.6 Å². The zero-order valence-corrected chi connectivity index (χ0v) is 20.1. The van der Waals surface area contributed by atoms with E-state index in [1.54, 1.807) is 13.2 Å². The molecule has 0 aliphatic carbocycles. The van der Waals surface area contributed by atoms with Crippen LogP contribution in [0, 0.1) is 0 Å². The number of hydrogen-bond donors (Lipinski definition) is 0. The van der Waals surface area contributed by atoms with E-state index in [4.69, 9.17) is 37.4 Å². The number of methoxy groups -OCH3 is 1. The number of hydrogen-bond acceptors (Lipinski definition) is 5. The third-order valence-electron chi connectivity index (χ3n) is 5.36. The minimum absolute atomic E-state index is 0.298. The van der Waals surface area contributed by atoms with E-state index in [-0.39, 0.29) is 0 Å². The quantitative estimate of drug-likeness (QED) is 0.485. The summed E-state index contributed by atoms with van der Waals surface area (Å²) in [6.45, 7) is 11.5. The second-order valence-corrected chi connectivity index (χ2v) is 8.89. The van der Waals surface area contributed by atoms with Crippen molar-refractivity contribution < 1.29 is 14.2 Å². The minimum Gasteiger partial charge on any atom is -0.493 e. The zero-order valence-electron chi connectivity index (χ0n) is 18.6. The van der Waals surface area contributed by atoms with Crippen molar-refractivity contribution in [3.63, 3.8) is 0 Å². The maximum atomic E-state index is 6.24. The molecule has 1 heterocycles. The van der Waals surface area contributed by atoms with Gasteiger partial charge in [0.25, 0.3) is 0 Å². The number of rotatable bonds is 10. The van der Waals surface area contributed by atoms with Crippen LogP contribution in [0.3, 0.4) is 0 Å². The Morgan fingerprint density at radius 1 is 0.935 bits per heavy atom. The molecule has 1 aliphatic heterocycles. The molecular formula is C24H32Cl2N2O3. The summed E-state index contributed by atoms with van der Waals surface area (Å²) < 4.78 is 17.2. The summed E-state index contributed by atoms with van der Waals surface area (Å²) in [6, 6.07) is 11.5. The van der Waals surface area contributed by atoms with Gasteiger partial charge in [0, 0.05) is 54.9 Å². The van der Waals surface area contributed by atoms with Crippen LogP contribution < -0.4 is 9.47 Å². The molecule has 0 N–H and O–H groups in total. The second-order valence-electron chi connectivity index (χ2n) is 8.05.